The first-order chi connectivity index (χ1) is 17.8. The van der Waals surface area contributed by atoms with Crippen molar-refractivity contribution in [2.45, 2.75) is 24.9 Å². The third-order valence-corrected chi connectivity index (χ3v) is 8.43. The first-order valence-corrected chi connectivity index (χ1v) is 12.9. The average Bonchev–Trinajstić information content (AvgIpc) is 3.30. The Balaban J connectivity index is 1.50. The highest BCUT2D eigenvalue weighted by atomic mass is 35.5. The number of hydrogen-bond donors (Lipinski definition) is 1. The number of para-hydroxylation sites is 2. The number of piperazine rings is 1. The summed E-state index contributed by atoms with van der Waals surface area (Å²) < 4.78 is 5.70. The van der Waals surface area contributed by atoms with Crippen LogP contribution < -0.4 is 4.74 Å². The number of carbonyl (C=O) groups is 2. The van der Waals surface area contributed by atoms with E-state index in [4.69, 9.17) is 27.9 Å². The minimum atomic E-state index is -1.18. The van der Waals surface area contributed by atoms with Gasteiger partial charge in [-0.1, -0.05) is 65.7 Å². The van der Waals surface area contributed by atoms with E-state index in [0.717, 1.165) is 39.0 Å². The number of aromatic amines is 1. The molecule has 4 aromatic rings. The molecule has 2 aliphatic heterocycles. The standard InChI is InChI=1S/C29H25Cl2N3O3/c1-29-27-26(19-8-3-5-9-23(19)32-27)20(18-7-4-6-10-24(18)37-2)15-34(29)25(35)16-33(28(29)36)14-17-11-12-21(30)22(31)13-17/h3-13,20,32H,14-16H2,1-2H3. The van der Waals surface area contributed by atoms with E-state index in [1.165, 1.54) is 0 Å². The molecule has 3 aromatic carbocycles. The van der Waals surface area contributed by atoms with Crippen LogP contribution in [0.1, 0.15) is 35.2 Å². The van der Waals surface area contributed by atoms with Crippen LogP contribution in [0.2, 0.25) is 10.0 Å². The maximum Gasteiger partial charge on any atom is 0.255 e. The number of halogens is 2. The fourth-order valence-corrected chi connectivity index (χ4v) is 6.22. The van der Waals surface area contributed by atoms with E-state index in [-0.39, 0.29) is 30.8 Å². The van der Waals surface area contributed by atoms with Crippen molar-refractivity contribution in [2.75, 3.05) is 20.2 Å². The van der Waals surface area contributed by atoms with Crippen molar-refractivity contribution in [1.29, 1.82) is 0 Å². The van der Waals surface area contributed by atoms with Gasteiger partial charge in [0.1, 0.15) is 12.3 Å². The summed E-state index contributed by atoms with van der Waals surface area (Å²) in [5.41, 5.74) is 3.31. The molecule has 6 nitrogen and oxygen atoms in total. The normalized spacial score (nSPS) is 21.2. The minimum absolute atomic E-state index is 0.0110. The van der Waals surface area contributed by atoms with Gasteiger partial charge in [0, 0.05) is 35.5 Å². The molecule has 6 rings (SSSR count). The Bertz CT molecular complexity index is 1570. The molecule has 1 fully saturated rings. The van der Waals surface area contributed by atoms with E-state index in [1.54, 1.807) is 29.0 Å². The van der Waals surface area contributed by atoms with Gasteiger partial charge in [0.15, 0.2) is 5.54 Å². The van der Waals surface area contributed by atoms with Crippen molar-refractivity contribution in [3.63, 3.8) is 0 Å². The van der Waals surface area contributed by atoms with Crippen molar-refractivity contribution in [2.24, 2.45) is 0 Å². The van der Waals surface area contributed by atoms with Gasteiger partial charge in [-0.3, -0.25) is 9.59 Å². The molecular weight excluding hydrogens is 509 g/mol. The predicted octanol–water partition coefficient (Wildman–Crippen LogP) is 5.72. The number of H-pyrrole nitrogens is 1. The number of amides is 2. The second-order valence-electron chi connectivity index (χ2n) is 9.74. The molecule has 0 aliphatic carbocycles. The van der Waals surface area contributed by atoms with Gasteiger partial charge in [0.05, 0.1) is 22.8 Å². The molecule has 3 heterocycles. The summed E-state index contributed by atoms with van der Waals surface area (Å²) in [5.74, 6) is 0.355. The Morgan fingerprint density at radius 1 is 1.03 bits per heavy atom. The second-order valence-corrected chi connectivity index (χ2v) is 10.6. The van der Waals surface area contributed by atoms with Gasteiger partial charge in [-0.2, -0.15) is 0 Å². The van der Waals surface area contributed by atoms with Crippen LogP contribution in [0.25, 0.3) is 10.9 Å². The fourth-order valence-electron chi connectivity index (χ4n) is 5.90. The third-order valence-electron chi connectivity index (χ3n) is 7.69. The van der Waals surface area contributed by atoms with Gasteiger partial charge in [-0.15, -0.1) is 0 Å². The molecule has 0 radical (unpaired) electrons. The lowest BCUT2D eigenvalue weighted by atomic mass is 9.76. The molecule has 1 aromatic heterocycles. The van der Waals surface area contributed by atoms with E-state index >= 15 is 0 Å². The molecule has 0 spiro atoms. The summed E-state index contributed by atoms with van der Waals surface area (Å²) in [6, 6.07) is 21.2. The highest BCUT2D eigenvalue weighted by molar-refractivity contribution is 6.42. The quantitative estimate of drug-likeness (QED) is 0.365. The van der Waals surface area contributed by atoms with Crippen LogP contribution in [-0.2, 0) is 21.7 Å². The highest BCUT2D eigenvalue weighted by Gasteiger charge is 2.56. The Hall–Kier alpha value is -3.48. The molecule has 2 amide bonds. The zero-order valence-corrected chi connectivity index (χ0v) is 21.9. The van der Waals surface area contributed by atoms with Gasteiger partial charge < -0.3 is 19.5 Å². The van der Waals surface area contributed by atoms with Crippen molar-refractivity contribution >= 4 is 45.9 Å². The van der Waals surface area contributed by atoms with Crippen molar-refractivity contribution in [3.05, 3.63) is 99.2 Å². The summed E-state index contributed by atoms with van der Waals surface area (Å²) in [6.45, 7) is 2.47. The second kappa shape index (κ2) is 8.82. The van der Waals surface area contributed by atoms with Crippen molar-refractivity contribution in [1.82, 2.24) is 14.8 Å². The zero-order chi connectivity index (χ0) is 25.9. The molecule has 0 saturated carbocycles. The van der Waals surface area contributed by atoms with E-state index < -0.39 is 5.54 Å². The summed E-state index contributed by atoms with van der Waals surface area (Å²) >= 11 is 12.3. The number of nitrogens with one attached hydrogen (secondary N) is 1. The fraction of sp³-hybridized carbons (Fsp3) is 0.241. The highest BCUT2D eigenvalue weighted by Crippen LogP contribution is 2.49. The van der Waals surface area contributed by atoms with Crippen LogP contribution in [0, 0.1) is 0 Å². The molecule has 2 unspecified atom stereocenters. The van der Waals surface area contributed by atoms with Crippen LogP contribution in [0.3, 0.4) is 0 Å². The SMILES string of the molecule is COc1ccccc1C1CN2C(=O)CN(Cc3ccc(Cl)c(Cl)c3)C(=O)C2(C)c2[nH]c3ccccc3c21. The maximum absolute atomic E-state index is 14.2. The van der Waals surface area contributed by atoms with Crippen LogP contribution in [0.15, 0.2) is 66.7 Å². The molecule has 2 atom stereocenters. The zero-order valence-electron chi connectivity index (χ0n) is 20.4. The van der Waals surface area contributed by atoms with Crippen LogP contribution >= 0.6 is 23.2 Å². The number of nitrogens with zero attached hydrogens (tertiary/aromatic N) is 2. The summed E-state index contributed by atoms with van der Waals surface area (Å²) in [5, 5.41) is 1.90. The Morgan fingerprint density at radius 3 is 2.57 bits per heavy atom. The minimum Gasteiger partial charge on any atom is -0.496 e. The lowest BCUT2D eigenvalue weighted by Gasteiger charge is -2.51. The Labute approximate surface area is 224 Å². The topological polar surface area (TPSA) is 65.6 Å². The molecule has 2 aliphatic rings. The lowest BCUT2D eigenvalue weighted by molar-refractivity contribution is -0.166. The summed E-state index contributed by atoms with van der Waals surface area (Å²) in [6.07, 6.45) is 0. The van der Waals surface area contributed by atoms with Crippen molar-refractivity contribution in [3.8, 4) is 5.75 Å². The smallest absolute Gasteiger partial charge is 0.255 e. The third kappa shape index (κ3) is 3.62. The van der Waals surface area contributed by atoms with Gasteiger partial charge in [0.2, 0.25) is 5.91 Å². The number of benzene rings is 3. The molecule has 37 heavy (non-hydrogen) atoms. The maximum atomic E-state index is 14.2. The molecule has 1 N–H and O–H groups in total. The number of ether oxygens (including phenoxy) is 1. The van der Waals surface area contributed by atoms with Crippen LogP contribution in [0.4, 0.5) is 0 Å². The monoisotopic (exact) mass is 533 g/mol. The van der Waals surface area contributed by atoms with Gasteiger partial charge >= 0.3 is 0 Å². The Morgan fingerprint density at radius 2 is 1.78 bits per heavy atom. The van der Waals surface area contributed by atoms with E-state index in [9.17, 15) is 9.59 Å². The summed E-state index contributed by atoms with van der Waals surface area (Å²) in [4.78, 5) is 34.8. The molecule has 1 saturated heterocycles. The van der Waals surface area contributed by atoms with E-state index in [1.807, 2.05) is 55.5 Å². The van der Waals surface area contributed by atoms with E-state index in [2.05, 4.69) is 11.1 Å². The molecule has 0 bridgehead atoms. The van der Waals surface area contributed by atoms with Gasteiger partial charge in [-0.25, -0.2) is 0 Å². The predicted molar refractivity (Wildman–Crippen MR) is 144 cm³/mol. The van der Waals surface area contributed by atoms with E-state index in [0.29, 0.717) is 16.6 Å². The first-order valence-electron chi connectivity index (χ1n) is 12.1. The average molecular weight is 534 g/mol. The Kier molecular flexibility index (Phi) is 5.70. The molecule has 188 valence electrons. The number of methoxy groups -OCH3 is 1. The number of aromatic nitrogens is 1. The number of hydrogen-bond acceptors (Lipinski definition) is 3. The number of carbonyl (C=O) groups excluding carboxylic acids is 2. The van der Waals surface area contributed by atoms with Crippen LogP contribution in [0.5, 0.6) is 5.75 Å². The summed E-state index contributed by atoms with van der Waals surface area (Å²) in [7, 11) is 1.65. The largest absolute Gasteiger partial charge is 0.496 e. The lowest BCUT2D eigenvalue weighted by Crippen LogP contribution is -2.67. The van der Waals surface area contributed by atoms with Gasteiger partial charge in [0.25, 0.3) is 5.91 Å². The number of fused-ring (bicyclic) bond motifs is 5. The number of rotatable bonds is 4. The van der Waals surface area contributed by atoms with Crippen LogP contribution in [-0.4, -0.2) is 46.8 Å². The van der Waals surface area contributed by atoms with Crippen molar-refractivity contribution < 1.29 is 14.3 Å². The molecular formula is C29H25Cl2N3O3. The van der Waals surface area contributed by atoms with Gasteiger partial charge in [-0.05, 0) is 42.3 Å². The first kappa shape index (κ1) is 23.9. The molecule has 8 heteroatoms.